The summed E-state index contributed by atoms with van der Waals surface area (Å²) in [6.45, 7) is 4.09. The Morgan fingerprint density at radius 3 is 2.38 bits per heavy atom. The van der Waals surface area contributed by atoms with Gasteiger partial charge in [-0.3, -0.25) is 0 Å². The lowest BCUT2D eigenvalue weighted by atomic mass is 10.1. The van der Waals surface area contributed by atoms with Crippen molar-refractivity contribution in [3.8, 4) is 0 Å². The predicted molar refractivity (Wildman–Crippen MR) is 66.6 cm³/mol. The largest absolute Gasteiger partial charge is 0.335 e. The van der Waals surface area contributed by atoms with Crippen molar-refractivity contribution in [2.75, 3.05) is 14.1 Å². The number of hydrogen-bond donors (Lipinski definition) is 1. The van der Waals surface area contributed by atoms with E-state index in [0.29, 0.717) is 0 Å². The predicted octanol–water partition coefficient (Wildman–Crippen LogP) is 2.20. The molecule has 0 radical (unpaired) electrons. The second-order valence-corrected chi connectivity index (χ2v) is 4.43. The smallest absolute Gasteiger partial charge is 0.317 e. The number of carbonyl (C=O) groups is 1. The van der Waals surface area contributed by atoms with E-state index in [1.54, 1.807) is 19.0 Å². The molecule has 3 nitrogen and oxygen atoms in total. The summed E-state index contributed by atoms with van der Waals surface area (Å²) in [5.41, 5.74) is 2.51. The van der Waals surface area contributed by atoms with Crippen LogP contribution in [0.25, 0.3) is 0 Å². The first-order valence-corrected chi connectivity index (χ1v) is 5.52. The molecule has 16 heavy (non-hydrogen) atoms. The van der Waals surface area contributed by atoms with Gasteiger partial charge in [0.15, 0.2) is 0 Å². The van der Waals surface area contributed by atoms with E-state index in [4.69, 9.17) is 0 Å². The Balaban J connectivity index is 2.48. The Kier molecular flexibility index (Phi) is 4.35. The van der Waals surface area contributed by atoms with Crippen molar-refractivity contribution in [2.24, 2.45) is 0 Å². The number of nitrogens with one attached hydrogen (secondary N) is 1. The van der Waals surface area contributed by atoms with Crippen molar-refractivity contribution in [2.45, 2.75) is 26.3 Å². The highest BCUT2D eigenvalue weighted by atomic mass is 16.2. The quantitative estimate of drug-likeness (QED) is 0.832. The van der Waals surface area contributed by atoms with Crippen LogP contribution in [0.15, 0.2) is 24.3 Å². The molecule has 3 heteroatoms. The van der Waals surface area contributed by atoms with Gasteiger partial charge in [-0.2, -0.15) is 0 Å². The number of aryl methyl sites for hydroxylation is 1. The lowest BCUT2D eigenvalue weighted by molar-refractivity contribution is 0.214. The van der Waals surface area contributed by atoms with Crippen LogP contribution in [0, 0.1) is 6.92 Å². The Labute approximate surface area is 97.5 Å². The Morgan fingerprint density at radius 2 is 1.88 bits per heavy atom. The molecule has 0 spiro atoms. The summed E-state index contributed by atoms with van der Waals surface area (Å²) in [7, 11) is 3.49. The summed E-state index contributed by atoms with van der Waals surface area (Å²) in [5.74, 6) is 0. The van der Waals surface area contributed by atoms with Crippen LogP contribution in [0.5, 0.6) is 0 Å². The number of rotatable bonds is 3. The van der Waals surface area contributed by atoms with Crippen LogP contribution in [0.2, 0.25) is 0 Å². The van der Waals surface area contributed by atoms with Gasteiger partial charge in [-0.15, -0.1) is 0 Å². The van der Waals surface area contributed by atoms with Gasteiger partial charge in [0.2, 0.25) is 0 Å². The molecule has 0 unspecified atom stereocenters. The van der Waals surface area contributed by atoms with Crippen molar-refractivity contribution >= 4 is 6.03 Å². The molecule has 0 aliphatic carbocycles. The number of urea groups is 1. The second kappa shape index (κ2) is 5.54. The van der Waals surface area contributed by atoms with Gasteiger partial charge in [0.1, 0.15) is 0 Å². The third-order valence-corrected chi connectivity index (χ3v) is 2.44. The average Bonchev–Trinajstić information content (AvgIpc) is 2.21. The highest BCUT2D eigenvalue weighted by molar-refractivity contribution is 5.73. The molecule has 0 fully saturated rings. The molecular weight excluding hydrogens is 200 g/mol. The van der Waals surface area contributed by atoms with Gasteiger partial charge in [-0.05, 0) is 25.8 Å². The zero-order valence-electron chi connectivity index (χ0n) is 10.4. The van der Waals surface area contributed by atoms with E-state index in [1.165, 1.54) is 11.1 Å². The molecule has 0 bridgehead atoms. The van der Waals surface area contributed by atoms with Gasteiger partial charge < -0.3 is 10.2 Å². The molecular formula is C13H20N2O. The molecule has 0 aliphatic rings. The van der Waals surface area contributed by atoms with E-state index >= 15 is 0 Å². The van der Waals surface area contributed by atoms with E-state index in [-0.39, 0.29) is 12.1 Å². The molecule has 1 atom stereocenters. The summed E-state index contributed by atoms with van der Waals surface area (Å²) in [6.07, 6.45) is 0.861. The Morgan fingerprint density at radius 1 is 1.31 bits per heavy atom. The second-order valence-electron chi connectivity index (χ2n) is 4.43. The molecule has 1 aromatic carbocycles. The number of nitrogens with zero attached hydrogens (tertiary/aromatic N) is 1. The standard InChI is InChI=1S/C13H20N2O/c1-10-5-7-12(8-6-10)9-11(2)14-13(16)15(3)4/h5-8,11H,9H2,1-4H3,(H,14,16)/t11-/m1/s1. The summed E-state index contributed by atoms with van der Waals surface area (Å²) < 4.78 is 0. The molecule has 88 valence electrons. The van der Waals surface area contributed by atoms with Gasteiger partial charge in [-0.1, -0.05) is 29.8 Å². The highest BCUT2D eigenvalue weighted by Gasteiger charge is 2.08. The normalized spacial score (nSPS) is 12.0. The fourth-order valence-corrected chi connectivity index (χ4v) is 1.47. The first kappa shape index (κ1) is 12.6. The van der Waals surface area contributed by atoms with E-state index in [9.17, 15) is 4.79 Å². The molecule has 0 saturated heterocycles. The minimum Gasteiger partial charge on any atom is -0.335 e. The molecule has 2 amide bonds. The maximum atomic E-state index is 11.4. The van der Waals surface area contributed by atoms with Crippen molar-refractivity contribution in [3.05, 3.63) is 35.4 Å². The summed E-state index contributed by atoms with van der Waals surface area (Å²) in [4.78, 5) is 13.0. The van der Waals surface area contributed by atoms with Crippen LogP contribution in [0.1, 0.15) is 18.1 Å². The summed E-state index contributed by atoms with van der Waals surface area (Å²) >= 11 is 0. The van der Waals surface area contributed by atoms with Crippen LogP contribution in [0.3, 0.4) is 0 Å². The van der Waals surface area contributed by atoms with Crippen LogP contribution < -0.4 is 5.32 Å². The molecule has 1 aromatic rings. The molecule has 0 aliphatic heterocycles. The highest BCUT2D eigenvalue weighted by Crippen LogP contribution is 2.06. The SMILES string of the molecule is Cc1ccc(C[C@@H](C)NC(=O)N(C)C)cc1. The third-order valence-electron chi connectivity index (χ3n) is 2.44. The minimum atomic E-state index is -0.0420. The lowest BCUT2D eigenvalue weighted by Crippen LogP contribution is -2.40. The van der Waals surface area contributed by atoms with Crippen LogP contribution in [-0.4, -0.2) is 31.1 Å². The van der Waals surface area contributed by atoms with Crippen LogP contribution in [0.4, 0.5) is 4.79 Å². The van der Waals surface area contributed by atoms with Crippen LogP contribution in [-0.2, 0) is 6.42 Å². The van der Waals surface area contributed by atoms with Gasteiger partial charge in [0.25, 0.3) is 0 Å². The molecule has 0 heterocycles. The third kappa shape index (κ3) is 3.93. The number of hydrogen-bond acceptors (Lipinski definition) is 1. The van der Waals surface area contributed by atoms with Crippen molar-refractivity contribution in [1.29, 1.82) is 0 Å². The monoisotopic (exact) mass is 220 g/mol. The lowest BCUT2D eigenvalue weighted by Gasteiger charge is -2.17. The Bertz CT molecular complexity index is 343. The van der Waals surface area contributed by atoms with E-state index in [0.717, 1.165) is 6.42 Å². The van der Waals surface area contributed by atoms with Gasteiger partial charge >= 0.3 is 6.03 Å². The topological polar surface area (TPSA) is 32.3 Å². The molecule has 1 N–H and O–H groups in total. The molecule has 1 rings (SSSR count). The first-order valence-electron chi connectivity index (χ1n) is 5.52. The Hall–Kier alpha value is -1.51. The van der Waals surface area contributed by atoms with Crippen molar-refractivity contribution in [1.82, 2.24) is 10.2 Å². The van der Waals surface area contributed by atoms with Gasteiger partial charge in [-0.25, -0.2) is 4.79 Å². The maximum absolute atomic E-state index is 11.4. The fourth-order valence-electron chi connectivity index (χ4n) is 1.47. The number of benzene rings is 1. The number of amides is 2. The average molecular weight is 220 g/mol. The zero-order valence-corrected chi connectivity index (χ0v) is 10.4. The van der Waals surface area contributed by atoms with E-state index in [1.807, 2.05) is 6.92 Å². The van der Waals surface area contributed by atoms with Crippen molar-refractivity contribution in [3.63, 3.8) is 0 Å². The molecule has 0 saturated carbocycles. The first-order chi connectivity index (χ1) is 7.49. The summed E-state index contributed by atoms with van der Waals surface area (Å²) in [6, 6.07) is 8.50. The van der Waals surface area contributed by atoms with E-state index < -0.39 is 0 Å². The zero-order chi connectivity index (χ0) is 12.1. The maximum Gasteiger partial charge on any atom is 0.317 e. The number of carbonyl (C=O) groups excluding carboxylic acids is 1. The summed E-state index contributed by atoms with van der Waals surface area (Å²) in [5, 5.41) is 2.93. The van der Waals surface area contributed by atoms with Crippen molar-refractivity contribution < 1.29 is 4.79 Å². The molecule has 0 aromatic heterocycles. The van der Waals surface area contributed by atoms with Gasteiger partial charge in [0.05, 0.1) is 0 Å². The van der Waals surface area contributed by atoms with Crippen LogP contribution >= 0.6 is 0 Å². The minimum absolute atomic E-state index is 0.0420. The fraction of sp³-hybridized carbons (Fsp3) is 0.462. The van der Waals surface area contributed by atoms with Gasteiger partial charge in [0, 0.05) is 20.1 Å². The van der Waals surface area contributed by atoms with E-state index in [2.05, 4.69) is 36.5 Å².